The molecular formula is C57H37NO. The Balaban J connectivity index is 0.983. The third kappa shape index (κ3) is 5.27. The quantitative estimate of drug-likeness (QED) is 0.160. The van der Waals surface area contributed by atoms with Crippen LogP contribution in [0.4, 0.5) is 0 Å². The smallest absolute Gasteiger partial charge is 0.143 e. The second-order valence-corrected chi connectivity index (χ2v) is 15.7. The molecule has 2 heterocycles. The van der Waals surface area contributed by atoms with Crippen molar-refractivity contribution >= 4 is 65.3 Å². The molecule has 0 aliphatic rings. The summed E-state index contributed by atoms with van der Waals surface area (Å²) in [5.74, 6) is 0. The van der Waals surface area contributed by atoms with E-state index >= 15 is 0 Å². The van der Waals surface area contributed by atoms with Gasteiger partial charge in [-0.1, -0.05) is 163 Å². The number of nitrogens with zero attached hydrogens (tertiary/aromatic N) is 1. The molecule has 2 aromatic heterocycles. The normalized spacial score (nSPS) is 11.8. The van der Waals surface area contributed by atoms with Gasteiger partial charge in [0.15, 0.2) is 0 Å². The molecule has 0 spiro atoms. The summed E-state index contributed by atoms with van der Waals surface area (Å²) < 4.78 is 8.86. The van der Waals surface area contributed by atoms with Gasteiger partial charge in [0.05, 0.1) is 11.0 Å². The van der Waals surface area contributed by atoms with Crippen LogP contribution in [0, 0.1) is 6.92 Å². The number of fused-ring (bicyclic) bond motifs is 8. The minimum absolute atomic E-state index is 0.914. The van der Waals surface area contributed by atoms with E-state index in [0.29, 0.717) is 0 Å². The molecule has 2 nitrogen and oxygen atoms in total. The van der Waals surface area contributed by atoms with Gasteiger partial charge in [0, 0.05) is 32.8 Å². The fourth-order valence-electron chi connectivity index (χ4n) is 9.57. The third-order valence-corrected chi connectivity index (χ3v) is 12.2. The third-order valence-electron chi connectivity index (χ3n) is 12.2. The Morgan fingerprint density at radius 3 is 1.56 bits per heavy atom. The first-order chi connectivity index (χ1) is 29.2. The first kappa shape index (κ1) is 33.5. The van der Waals surface area contributed by atoms with E-state index in [0.717, 1.165) is 38.8 Å². The van der Waals surface area contributed by atoms with Gasteiger partial charge in [-0.25, -0.2) is 0 Å². The predicted molar refractivity (Wildman–Crippen MR) is 250 cm³/mol. The summed E-state index contributed by atoms with van der Waals surface area (Å²) in [7, 11) is 0. The average Bonchev–Trinajstić information content (AvgIpc) is 3.84. The van der Waals surface area contributed by atoms with Crippen LogP contribution in [0.1, 0.15) is 5.56 Å². The average molecular weight is 752 g/mol. The van der Waals surface area contributed by atoms with Crippen LogP contribution >= 0.6 is 0 Å². The number of para-hydroxylation sites is 2. The molecule has 0 aliphatic heterocycles. The Morgan fingerprint density at radius 1 is 0.339 bits per heavy atom. The van der Waals surface area contributed by atoms with Gasteiger partial charge in [0.25, 0.3) is 0 Å². The number of hydrogen-bond donors (Lipinski definition) is 0. The SMILES string of the molecule is Cc1ccc2c(c1)c1cc(-c3cccc(-c4cccc5c4oc4ccccc45)c3)ccc1n2-c1ccc(-c2c3ccccc3c(-c3ccccc3)c3ccccc23)cc1. The van der Waals surface area contributed by atoms with Crippen molar-refractivity contribution in [1.82, 2.24) is 4.57 Å². The van der Waals surface area contributed by atoms with Gasteiger partial charge in [0.2, 0.25) is 0 Å². The lowest BCUT2D eigenvalue weighted by atomic mass is 9.86. The highest BCUT2D eigenvalue weighted by atomic mass is 16.3. The zero-order valence-corrected chi connectivity index (χ0v) is 32.5. The first-order valence-corrected chi connectivity index (χ1v) is 20.3. The van der Waals surface area contributed by atoms with E-state index in [1.165, 1.54) is 82.3 Å². The topological polar surface area (TPSA) is 18.1 Å². The Morgan fingerprint density at radius 2 is 0.847 bits per heavy atom. The standard InChI is InChI=1S/C57H37NO/c1-36-25-31-52-50(33-36)51-35-40(39-15-11-16-41(34-39)43-22-12-23-49-44-17-9-10-24-54(44)59-57(43)49)28-32-53(51)58(52)42-29-26-38(27-30-42)56-47-20-7-5-18-45(47)55(37-13-3-2-4-14-37)46-19-6-8-21-48(46)56/h2-35H,1H3. The van der Waals surface area contributed by atoms with E-state index in [2.05, 4.69) is 206 Å². The summed E-state index contributed by atoms with van der Waals surface area (Å²) in [6.45, 7) is 2.18. The monoisotopic (exact) mass is 751 g/mol. The van der Waals surface area contributed by atoms with Crippen LogP contribution in [-0.2, 0) is 0 Å². The van der Waals surface area contributed by atoms with E-state index in [9.17, 15) is 0 Å². The molecule has 10 aromatic carbocycles. The van der Waals surface area contributed by atoms with Crippen LogP contribution in [0.25, 0.3) is 115 Å². The molecule has 0 saturated carbocycles. The van der Waals surface area contributed by atoms with Crippen LogP contribution in [-0.4, -0.2) is 4.57 Å². The Labute approximate surface area is 341 Å². The molecule has 0 atom stereocenters. The molecule has 0 radical (unpaired) electrons. The van der Waals surface area contributed by atoms with Crippen molar-refractivity contribution in [3.63, 3.8) is 0 Å². The minimum atomic E-state index is 0.914. The van der Waals surface area contributed by atoms with Crippen molar-refractivity contribution in [3.8, 4) is 50.2 Å². The number of rotatable bonds is 5. The van der Waals surface area contributed by atoms with E-state index in [1.807, 2.05) is 12.1 Å². The van der Waals surface area contributed by atoms with Crippen molar-refractivity contribution in [3.05, 3.63) is 212 Å². The fourth-order valence-corrected chi connectivity index (χ4v) is 9.57. The molecule has 0 bridgehead atoms. The Hall–Kier alpha value is -7.68. The largest absolute Gasteiger partial charge is 0.455 e. The zero-order valence-electron chi connectivity index (χ0n) is 32.5. The molecular weight excluding hydrogens is 715 g/mol. The van der Waals surface area contributed by atoms with Gasteiger partial charge in [0.1, 0.15) is 11.2 Å². The lowest BCUT2D eigenvalue weighted by Crippen LogP contribution is -1.95. The van der Waals surface area contributed by atoms with Gasteiger partial charge < -0.3 is 8.98 Å². The van der Waals surface area contributed by atoms with Crippen molar-refractivity contribution in [2.24, 2.45) is 0 Å². The summed E-state index contributed by atoms with van der Waals surface area (Å²) in [5.41, 5.74) is 16.2. The van der Waals surface area contributed by atoms with Crippen LogP contribution in [0.3, 0.4) is 0 Å². The molecule has 0 aliphatic carbocycles. The van der Waals surface area contributed by atoms with Crippen molar-refractivity contribution in [2.45, 2.75) is 6.92 Å². The Kier molecular flexibility index (Phi) is 7.48. The van der Waals surface area contributed by atoms with Crippen LogP contribution in [0.5, 0.6) is 0 Å². The highest BCUT2D eigenvalue weighted by Crippen LogP contribution is 2.44. The number of aryl methyl sites for hydroxylation is 1. The summed E-state index contributed by atoms with van der Waals surface area (Å²) in [5, 5.41) is 9.83. The van der Waals surface area contributed by atoms with Gasteiger partial charge in [-0.2, -0.15) is 0 Å². The summed E-state index contributed by atoms with van der Waals surface area (Å²) in [4.78, 5) is 0. The molecule has 59 heavy (non-hydrogen) atoms. The molecule has 12 rings (SSSR count). The van der Waals surface area contributed by atoms with Crippen LogP contribution in [0.15, 0.2) is 211 Å². The second kappa shape index (κ2) is 13.2. The minimum Gasteiger partial charge on any atom is -0.455 e. The van der Waals surface area contributed by atoms with Crippen molar-refractivity contribution in [1.29, 1.82) is 0 Å². The molecule has 0 unspecified atom stereocenters. The summed E-state index contributed by atoms with van der Waals surface area (Å²) >= 11 is 0. The van der Waals surface area contributed by atoms with Gasteiger partial charge >= 0.3 is 0 Å². The molecule has 0 saturated heterocycles. The number of benzene rings is 10. The van der Waals surface area contributed by atoms with E-state index in [1.54, 1.807) is 0 Å². The molecule has 0 N–H and O–H groups in total. The molecule has 276 valence electrons. The fraction of sp³-hybridized carbons (Fsp3) is 0.0175. The van der Waals surface area contributed by atoms with Crippen LogP contribution < -0.4 is 0 Å². The molecule has 12 aromatic rings. The van der Waals surface area contributed by atoms with Gasteiger partial charge in [-0.15, -0.1) is 0 Å². The highest BCUT2D eigenvalue weighted by Gasteiger charge is 2.19. The van der Waals surface area contributed by atoms with Crippen molar-refractivity contribution in [2.75, 3.05) is 0 Å². The number of aromatic nitrogens is 1. The molecule has 0 fully saturated rings. The van der Waals surface area contributed by atoms with Gasteiger partial charge in [-0.05, 0) is 116 Å². The maximum absolute atomic E-state index is 6.43. The second-order valence-electron chi connectivity index (χ2n) is 15.7. The summed E-state index contributed by atoms with van der Waals surface area (Å²) in [6.07, 6.45) is 0. The van der Waals surface area contributed by atoms with E-state index in [4.69, 9.17) is 4.42 Å². The first-order valence-electron chi connectivity index (χ1n) is 20.3. The lowest BCUT2D eigenvalue weighted by Gasteiger charge is -2.18. The maximum atomic E-state index is 6.43. The van der Waals surface area contributed by atoms with Crippen molar-refractivity contribution < 1.29 is 4.42 Å². The maximum Gasteiger partial charge on any atom is 0.143 e. The molecule has 2 heteroatoms. The molecule has 0 amide bonds. The highest BCUT2D eigenvalue weighted by molar-refractivity contribution is 6.21. The van der Waals surface area contributed by atoms with E-state index in [-0.39, 0.29) is 0 Å². The summed E-state index contributed by atoms with van der Waals surface area (Å²) in [6, 6.07) is 75.1. The lowest BCUT2D eigenvalue weighted by molar-refractivity contribution is 0.670. The number of hydrogen-bond acceptors (Lipinski definition) is 1. The van der Waals surface area contributed by atoms with Gasteiger partial charge in [-0.3, -0.25) is 0 Å². The predicted octanol–water partition coefficient (Wildman–Crippen LogP) is 16.0. The van der Waals surface area contributed by atoms with E-state index < -0.39 is 0 Å². The number of furan rings is 1. The van der Waals surface area contributed by atoms with Crippen LogP contribution in [0.2, 0.25) is 0 Å². The Bertz CT molecular complexity index is 3550. The zero-order chi connectivity index (χ0) is 39.0.